The fourth-order valence-corrected chi connectivity index (χ4v) is 7.43. The van der Waals surface area contributed by atoms with Gasteiger partial charge in [0.1, 0.15) is 5.82 Å². The molecule has 2 saturated carbocycles. The van der Waals surface area contributed by atoms with Gasteiger partial charge in [0.25, 0.3) is 0 Å². The standard InChI is InChI=1S/C37H40F8O/c1-2-3-4-5-23-6-8-24(9-7-23)25-10-12-26(13-11-25)29-18-19-30(32(38)22-29)27-14-16-28(17-15-27)31-20-21-33(35(40)34(31)39)46-37(44,45)36(41,42)43/h14-26H,2-13H2,1H3. The minimum Gasteiger partial charge on any atom is -0.423 e. The Morgan fingerprint density at radius 3 is 1.78 bits per heavy atom. The first kappa shape index (κ1) is 34.2. The van der Waals surface area contributed by atoms with Crippen LogP contribution in [0.1, 0.15) is 95.5 Å². The molecule has 2 aliphatic carbocycles. The molecule has 3 aromatic rings. The predicted octanol–water partition coefficient (Wildman–Crippen LogP) is 12.6. The average Bonchev–Trinajstić information content (AvgIpc) is 3.03. The molecule has 2 fully saturated rings. The number of rotatable bonds is 10. The maximum atomic E-state index is 15.3. The predicted molar refractivity (Wildman–Crippen MR) is 163 cm³/mol. The molecule has 0 atom stereocenters. The summed E-state index contributed by atoms with van der Waals surface area (Å²) < 4.78 is 112. The highest BCUT2D eigenvalue weighted by atomic mass is 19.4. The van der Waals surface area contributed by atoms with Gasteiger partial charge in [-0.05, 0) is 97.1 Å². The summed E-state index contributed by atoms with van der Waals surface area (Å²) in [5.41, 5.74) is 1.55. The second-order valence-corrected chi connectivity index (χ2v) is 13.1. The van der Waals surface area contributed by atoms with Crippen LogP contribution in [0.4, 0.5) is 35.1 Å². The Kier molecular flexibility index (Phi) is 10.7. The molecule has 3 aromatic carbocycles. The molecular weight excluding hydrogens is 612 g/mol. The molecule has 2 aliphatic rings. The fourth-order valence-electron chi connectivity index (χ4n) is 7.43. The van der Waals surface area contributed by atoms with Gasteiger partial charge >= 0.3 is 12.3 Å². The first-order valence-corrected chi connectivity index (χ1v) is 16.4. The molecule has 9 heteroatoms. The fraction of sp³-hybridized carbons (Fsp3) is 0.514. The van der Waals surface area contributed by atoms with E-state index in [4.69, 9.17) is 0 Å². The molecule has 0 saturated heterocycles. The summed E-state index contributed by atoms with van der Waals surface area (Å²) in [4.78, 5) is 0. The third kappa shape index (κ3) is 7.71. The number of unbranched alkanes of at least 4 members (excludes halogenated alkanes) is 2. The lowest BCUT2D eigenvalue weighted by molar-refractivity contribution is -0.361. The van der Waals surface area contributed by atoms with Gasteiger partial charge in [0.2, 0.25) is 5.82 Å². The van der Waals surface area contributed by atoms with Gasteiger partial charge in [-0.3, -0.25) is 0 Å². The highest BCUT2D eigenvalue weighted by Crippen LogP contribution is 2.45. The van der Waals surface area contributed by atoms with Crippen LogP contribution in [0.15, 0.2) is 54.6 Å². The van der Waals surface area contributed by atoms with Crippen LogP contribution in [-0.2, 0) is 0 Å². The van der Waals surface area contributed by atoms with Gasteiger partial charge in [0.15, 0.2) is 11.6 Å². The Morgan fingerprint density at radius 1 is 0.652 bits per heavy atom. The van der Waals surface area contributed by atoms with E-state index in [1.54, 1.807) is 12.1 Å². The Balaban J connectivity index is 1.19. The van der Waals surface area contributed by atoms with Crippen molar-refractivity contribution < 1.29 is 39.9 Å². The maximum Gasteiger partial charge on any atom is 0.499 e. The zero-order valence-corrected chi connectivity index (χ0v) is 25.9. The molecule has 0 unspecified atom stereocenters. The van der Waals surface area contributed by atoms with Crippen LogP contribution in [0.3, 0.4) is 0 Å². The molecular formula is C37H40F8O. The van der Waals surface area contributed by atoms with Crippen LogP contribution in [0.5, 0.6) is 5.75 Å². The third-order valence-electron chi connectivity index (χ3n) is 10.1. The van der Waals surface area contributed by atoms with Crippen molar-refractivity contribution in [2.75, 3.05) is 0 Å². The van der Waals surface area contributed by atoms with E-state index in [9.17, 15) is 30.7 Å². The van der Waals surface area contributed by atoms with E-state index in [-0.39, 0.29) is 11.1 Å². The normalized spacial score (nSPS) is 22.5. The van der Waals surface area contributed by atoms with Crippen LogP contribution in [0, 0.1) is 35.2 Å². The first-order chi connectivity index (χ1) is 21.9. The number of ether oxygens (including phenoxy) is 1. The van der Waals surface area contributed by atoms with E-state index < -0.39 is 35.5 Å². The zero-order valence-electron chi connectivity index (χ0n) is 25.9. The van der Waals surface area contributed by atoms with E-state index in [0.717, 1.165) is 42.2 Å². The van der Waals surface area contributed by atoms with E-state index in [1.807, 2.05) is 6.07 Å². The van der Waals surface area contributed by atoms with Crippen LogP contribution < -0.4 is 4.74 Å². The molecule has 0 aromatic heterocycles. The maximum absolute atomic E-state index is 15.3. The molecule has 0 heterocycles. The number of hydrogen-bond acceptors (Lipinski definition) is 1. The van der Waals surface area contributed by atoms with Gasteiger partial charge < -0.3 is 4.74 Å². The summed E-state index contributed by atoms with van der Waals surface area (Å²) in [6.45, 7) is 2.25. The van der Waals surface area contributed by atoms with Crippen molar-refractivity contribution in [2.45, 2.75) is 102 Å². The van der Waals surface area contributed by atoms with Crippen LogP contribution in [-0.4, -0.2) is 12.3 Å². The minimum atomic E-state index is -6.11. The van der Waals surface area contributed by atoms with Crippen LogP contribution >= 0.6 is 0 Å². The van der Waals surface area contributed by atoms with Crippen molar-refractivity contribution in [3.63, 3.8) is 0 Å². The molecule has 250 valence electrons. The zero-order chi connectivity index (χ0) is 33.1. The Labute approximate surface area is 265 Å². The van der Waals surface area contributed by atoms with Gasteiger partial charge in [0.05, 0.1) is 0 Å². The number of benzene rings is 3. The largest absolute Gasteiger partial charge is 0.499 e. The van der Waals surface area contributed by atoms with Crippen LogP contribution in [0.25, 0.3) is 22.3 Å². The van der Waals surface area contributed by atoms with Crippen molar-refractivity contribution in [2.24, 2.45) is 17.8 Å². The van der Waals surface area contributed by atoms with Crippen molar-refractivity contribution >= 4 is 0 Å². The summed E-state index contributed by atoms with van der Waals surface area (Å²) in [5.74, 6) is -2.79. The Bertz CT molecular complexity index is 1450. The molecule has 0 amide bonds. The summed E-state index contributed by atoms with van der Waals surface area (Å²) in [7, 11) is 0. The molecule has 46 heavy (non-hydrogen) atoms. The van der Waals surface area contributed by atoms with Crippen molar-refractivity contribution in [3.05, 3.63) is 77.6 Å². The second kappa shape index (κ2) is 14.3. The van der Waals surface area contributed by atoms with E-state index >= 15 is 4.39 Å². The monoisotopic (exact) mass is 652 g/mol. The highest BCUT2D eigenvalue weighted by Gasteiger charge is 2.61. The van der Waals surface area contributed by atoms with E-state index in [1.165, 1.54) is 88.5 Å². The smallest absolute Gasteiger partial charge is 0.423 e. The lowest BCUT2D eigenvalue weighted by Gasteiger charge is -2.38. The Morgan fingerprint density at radius 2 is 1.22 bits per heavy atom. The highest BCUT2D eigenvalue weighted by molar-refractivity contribution is 5.71. The number of halogens is 8. The minimum absolute atomic E-state index is 0.119. The molecule has 0 N–H and O–H groups in total. The van der Waals surface area contributed by atoms with Gasteiger partial charge in [-0.15, -0.1) is 0 Å². The van der Waals surface area contributed by atoms with E-state index in [2.05, 4.69) is 11.7 Å². The van der Waals surface area contributed by atoms with Gasteiger partial charge in [-0.25, -0.2) is 8.78 Å². The summed E-state index contributed by atoms with van der Waals surface area (Å²) in [6.07, 6.45) is 3.41. The van der Waals surface area contributed by atoms with E-state index in [0.29, 0.717) is 23.1 Å². The second-order valence-electron chi connectivity index (χ2n) is 13.1. The van der Waals surface area contributed by atoms with Gasteiger partial charge in [0, 0.05) is 11.1 Å². The summed E-state index contributed by atoms with van der Waals surface area (Å²) in [5, 5.41) is 0. The van der Waals surface area contributed by atoms with Crippen molar-refractivity contribution in [3.8, 4) is 28.0 Å². The lowest BCUT2D eigenvalue weighted by atomic mass is 9.68. The Hall–Kier alpha value is -3.10. The summed E-state index contributed by atoms with van der Waals surface area (Å²) in [6, 6.07) is 12.4. The quantitative estimate of drug-likeness (QED) is 0.156. The summed E-state index contributed by atoms with van der Waals surface area (Å²) >= 11 is 0. The first-order valence-electron chi connectivity index (χ1n) is 16.4. The topological polar surface area (TPSA) is 9.23 Å². The van der Waals surface area contributed by atoms with Crippen molar-refractivity contribution in [1.29, 1.82) is 0 Å². The SMILES string of the molecule is CCCCCC1CCC(C2CCC(c3ccc(-c4ccc(-c5ccc(OC(F)(F)C(F)(F)F)c(F)c5F)cc4)c(F)c3)CC2)CC1. The average molecular weight is 653 g/mol. The van der Waals surface area contributed by atoms with Gasteiger partial charge in [-0.1, -0.05) is 81.8 Å². The number of hydrogen-bond donors (Lipinski definition) is 0. The van der Waals surface area contributed by atoms with Crippen molar-refractivity contribution in [1.82, 2.24) is 0 Å². The third-order valence-corrected chi connectivity index (χ3v) is 10.1. The number of alkyl halides is 5. The molecule has 1 nitrogen and oxygen atoms in total. The molecule has 0 radical (unpaired) electrons. The van der Waals surface area contributed by atoms with Crippen LogP contribution in [0.2, 0.25) is 0 Å². The molecule has 0 spiro atoms. The molecule has 0 bridgehead atoms. The van der Waals surface area contributed by atoms with Gasteiger partial charge in [-0.2, -0.15) is 26.3 Å². The molecule has 5 rings (SSSR count). The lowest BCUT2D eigenvalue weighted by Crippen LogP contribution is -2.42. The molecule has 0 aliphatic heterocycles.